The van der Waals surface area contributed by atoms with E-state index in [1.54, 1.807) is 30.7 Å². The fraction of sp³-hybridized carbons (Fsp3) is 0.0882. The van der Waals surface area contributed by atoms with Crippen LogP contribution in [0.15, 0.2) is 91.5 Å². The third kappa shape index (κ3) is 5.90. The van der Waals surface area contributed by atoms with Crippen molar-refractivity contribution in [2.45, 2.75) is 20.0 Å². The van der Waals surface area contributed by atoms with Crippen LogP contribution in [-0.4, -0.2) is 65.3 Å². The normalized spacial score (nSPS) is 11.4. The summed E-state index contributed by atoms with van der Waals surface area (Å²) in [5.74, 6) is -1.31. The maximum atomic E-state index is 14.0. The van der Waals surface area contributed by atoms with E-state index in [9.17, 15) is 8.78 Å². The first-order valence-corrected chi connectivity index (χ1v) is 15.7. The Balaban J connectivity index is 0.000000145. The maximum absolute atomic E-state index is 14.0. The minimum absolute atomic E-state index is 0.000944. The Bertz CT molecular complexity index is 2630. The monoisotopic (exact) mass is 687 g/mol. The number of rotatable bonds is 6. The van der Waals surface area contributed by atoms with Gasteiger partial charge in [-0.15, -0.1) is 10.2 Å². The van der Waals surface area contributed by atoms with Gasteiger partial charge in [-0.25, -0.2) is 28.1 Å². The van der Waals surface area contributed by atoms with Gasteiger partial charge in [0, 0.05) is 40.7 Å². The van der Waals surface area contributed by atoms with E-state index in [4.69, 9.17) is 16.6 Å². The Labute approximate surface area is 286 Å². The van der Waals surface area contributed by atoms with Gasteiger partial charge in [0.05, 0.1) is 46.9 Å². The molecule has 2 aromatic carbocycles. The second-order valence-electron chi connectivity index (χ2n) is 11.3. The first-order valence-electron chi connectivity index (χ1n) is 15.3. The molecule has 7 heterocycles. The van der Waals surface area contributed by atoms with Crippen molar-refractivity contribution in [3.05, 3.63) is 125 Å². The Morgan fingerprint density at radius 2 is 1.48 bits per heavy atom. The quantitative estimate of drug-likeness (QED) is 0.191. The molecule has 0 aliphatic carbocycles. The smallest absolute Gasteiger partial charge is 0.179 e. The molecule has 2 N–H and O–H groups in total. The van der Waals surface area contributed by atoms with Crippen LogP contribution in [0.25, 0.3) is 55.7 Å². The lowest BCUT2D eigenvalue weighted by atomic mass is 10.1. The van der Waals surface area contributed by atoms with Gasteiger partial charge in [0.25, 0.3) is 0 Å². The number of aryl methyl sites for hydroxylation is 1. The molecule has 0 aliphatic heterocycles. The first-order chi connectivity index (χ1) is 24.4. The van der Waals surface area contributed by atoms with Crippen LogP contribution in [0.1, 0.15) is 16.8 Å². The van der Waals surface area contributed by atoms with E-state index in [0.717, 1.165) is 62.3 Å². The predicted molar refractivity (Wildman–Crippen MR) is 182 cm³/mol. The topological polar surface area (TPSA) is 157 Å². The van der Waals surface area contributed by atoms with Crippen LogP contribution in [-0.2, 0) is 13.1 Å². The number of pyridine rings is 3. The second-order valence-corrected chi connectivity index (χ2v) is 11.7. The lowest BCUT2D eigenvalue weighted by molar-refractivity contribution is 0.565. The number of fused-ring (bicyclic) bond motifs is 3. The molecular formula is C34H24ClF2N13. The Kier molecular flexibility index (Phi) is 7.92. The molecule has 9 aromatic rings. The molecule has 9 rings (SSSR count). The highest BCUT2D eigenvalue weighted by Gasteiger charge is 2.16. The molecule has 0 saturated heterocycles. The molecule has 0 unspecified atom stereocenters. The Morgan fingerprint density at radius 1 is 0.760 bits per heavy atom. The van der Waals surface area contributed by atoms with Crippen molar-refractivity contribution in [3.63, 3.8) is 0 Å². The Morgan fingerprint density at radius 3 is 2.22 bits per heavy atom. The summed E-state index contributed by atoms with van der Waals surface area (Å²) in [4.78, 5) is 13.6. The van der Waals surface area contributed by atoms with Gasteiger partial charge in [0.2, 0.25) is 0 Å². The molecule has 0 aliphatic rings. The van der Waals surface area contributed by atoms with E-state index in [1.807, 2.05) is 42.1 Å². The van der Waals surface area contributed by atoms with Gasteiger partial charge in [-0.05, 0) is 67.1 Å². The molecule has 13 nitrogen and oxygen atoms in total. The van der Waals surface area contributed by atoms with E-state index in [0.29, 0.717) is 23.4 Å². The Hall–Kier alpha value is -6.48. The highest BCUT2D eigenvalue weighted by molar-refractivity contribution is 6.31. The lowest BCUT2D eigenvalue weighted by Gasteiger charge is -2.07. The van der Waals surface area contributed by atoms with Crippen LogP contribution < -0.4 is 0 Å². The third-order valence-electron chi connectivity index (χ3n) is 8.07. The zero-order valence-electron chi connectivity index (χ0n) is 26.1. The van der Waals surface area contributed by atoms with Crippen molar-refractivity contribution in [3.8, 4) is 22.5 Å². The van der Waals surface area contributed by atoms with Crippen molar-refractivity contribution in [1.82, 2.24) is 65.3 Å². The van der Waals surface area contributed by atoms with Gasteiger partial charge in [-0.2, -0.15) is 10.2 Å². The number of halogens is 3. The van der Waals surface area contributed by atoms with Crippen molar-refractivity contribution in [2.24, 2.45) is 0 Å². The summed E-state index contributed by atoms with van der Waals surface area (Å²) in [6, 6.07) is 19.6. The molecule has 0 spiro atoms. The second kappa shape index (κ2) is 12.9. The van der Waals surface area contributed by atoms with Gasteiger partial charge >= 0.3 is 0 Å². The first kappa shape index (κ1) is 30.8. The SMILES string of the molecule is Cc1n[nH]cc1-c1ccc2nnn(Cc3ccc4ncccc4c3)c2n1.Fc1ccc(F)c(Cn2nnc3ccc(-c4cn[nH]c4)nc32)c1Cl. The van der Waals surface area contributed by atoms with E-state index in [-0.39, 0.29) is 17.1 Å². The van der Waals surface area contributed by atoms with Crippen LogP contribution in [0, 0.1) is 18.6 Å². The van der Waals surface area contributed by atoms with Gasteiger partial charge < -0.3 is 0 Å². The summed E-state index contributed by atoms with van der Waals surface area (Å²) in [5.41, 5.74) is 8.82. The van der Waals surface area contributed by atoms with E-state index < -0.39 is 11.6 Å². The zero-order valence-corrected chi connectivity index (χ0v) is 26.9. The molecule has 0 fully saturated rings. The van der Waals surface area contributed by atoms with Gasteiger partial charge in [-0.3, -0.25) is 15.2 Å². The van der Waals surface area contributed by atoms with Crippen LogP contribution in [0.5, 0.6) is 0 Å². The third-order valence-corrected chi connectivity index (χ3v) is 8.47. The molecule has 0 saturated carbocycles. The minimum atomic E-state index is -0.690. The molecule has 7 aromatic heterocycles. The standard InChI is InChI=1S/C19H15N7.C15H9ClF2N6/c1-12-15(10-21-23-12)17-6-7-18-19(22-17)26(25-24-18)11-13-4-5-16-14(9-13)3-2-8-20-16;16-14-9(10(17)1-2-11(14)18)7-24-15-13(22-23-24)4-3-12(21-15)8-5-19-20-6-8/h2-10H,11H2,1H3,(H,21,23);1-6H,7H2,(H,19,20). The molecule has 50 heavy (non-hydrogen) atoms. The highest BCUT2D eigenvalue weighted by atomic mass is 35.5. The van der Waals surface area contributed by atoms with Crippen LogP contribution in [0.3, 0.4) is 0 Å². The number of benzene rings is 2. The average molecular weight is 688 g/mol. The fourth-order valence-electron chi connectivity index (χ4n) is 5.50. The van der Waals surface area contributed by atoms with E-state index >= 15 is 0 Å². The van der Waals surface area contributed by atoms with Crippen molar-refractivity contribution < 1.29 is 8.78 Å². The maximum Gasteiger partial charge on any atom is 0.179 e. The van der Waals surface area contributed by atoms with E-state index in [2.05, 4.69) is 69.2 Å². The zero-order chi connectivity index (χ0) is 34.2. The van der Waals surface area contributed by atoms with Crippen LogP contribution >= 0.6 is 11.6 Å². The molecule has 0 bridgehead atoms. The summed E-state index contributed by atoms with van der Waals surface area (Å²) >= 11 is 5.87. The molecular weight excluding hydrogens is 664 g/mol. The largest absolute Gasteiger partial charge is 0.285 e. The van der Waals surface area contributed by atoms with Crippen molar-refractivity contribution in [2.75, 3.05) is 0 Å². The highest BCUT2D eigenvalue weighted by Crippen LogP contribution is 2.26. The number of hydrogen-bond donors (Lipinski definition) is 2. The number of nitrogens with one attached hydrogen (secondary N) is 2. The lowest BCUT2D eigenvalue weighted by Crippen LogP contribution is -2.06. The summed E-state index contributed by atoms with van der Waals surface area (Å²) in [7, 11) is 0. The molecule has 0 radical (unpaired) electrons. The van der Waals surface area contributed by atoms with Crippen molar-refractivity contribution in [1.29, 1.82) is 0 Å². The van der Waals surface area contributed by atoms with Gasteiger partial charge in [-0.1, -0.05) is 34.2 Å². The molecule has 246 valence electrons. The average Bonchev–Trinajstić information content (AvgIpc) is 3.97. The molecule has 0 atom stereocenters. The molecule has 16 heteroatoms. The van der Waals surface area contributed by atoms with Crippen LogP contribution in [0.2, 0.25) is 5.02 Å². The number of aromatic amines is 2. The van der Waals surface area contributed by atoms with Gasteiger partial charge in [0.1, 0.15) is 22.7 Å². The van der Waals surface area contributed by atoms with E-state index in [1.165, 1.54) is 4.68 Å². The summed E-state index contributed by atoms with van der Waals surface area (Å²) in [5, 5.41) is 30.9. The number of aromatic nitrogens is 13. The minimum Gasteiger partial charge on any atom is -0.285 e. The fourth-order valence-corrected chi connectivity index (χ4v) is 5.71. The van der Waals surface area contributed by atoms with Crippen molar-refractivity contribution >= 4 is 44.8 Å². The summed E-state index contributed by atoms with van der Waals surface area (Å²) < 4.78 is 30.8. The number of H-pyrrole nitrogens is 2. The van der Waals surface area contributed by atoms with Gasteiger partial charge in [0.15, 0.2) is 11.3 Å². The number of hydrogen-bond acceptors (Lipinski definition) is 9. The summed E-state index contributed by atoms with van der Waals surface area (Å²) in [6.07, 6.45) is 6.99. The summed E-state index contributed by atoms with van der Waals surface area (Å²) in [6.45, 7) is 2.47. The predicted octanol–water partition coefficient (Wildman–Crippen LogP) is 6.32. The number of nitrogens with zero attached hydrogens (tertiary/aromatic N) is 11. The molecule has 0 amide bonds. The van der Waals surface area contributed by atoms with Crippen LogP contribution in [0.4, 0.5) is 8.78 Å².